The van der Waals surface area contributed by atoms with Gasteiger partial charge in [-0.1, -0.05) is 48.5 Å². The summed E-state index contributed by atoms with van der Waals surface area (Å²) in [6.07, 6.45) is 9.03. The summed E-state index contributed by atoms with van der Waals surface area (Å²) in [4.78, 5) is 28.8. The predicted octanol–water partition coefficient (Wildman–Crippen LogP) is 6.22. The molecule has 0 saturated carbocycles. The number of hydrogen-bond donors (Lipinski definition) is 0. The molecule has 0 amide bonds. The fraction of sp³-hybridized carbons (Fsp3) is 0. The smallest absolute Gasteiger partial charge is 0.117 e. The third kappa shape index (κ3) is 3.44. The minimum absolute atomic E-state index is 0.665. The zero-order valence-corrected chi connectivity index (χ0v) is 19.1. The second kappa shape index (κ2) is 8.29. The molecule has 6 nitrogen and oxygen atoms in total. The maximum atomic E-state index is 5.10. The van der Waals surface area contributed by atoms with Crippen LogP contribution < -0.4 is 0 Å². The molecule has 1 aliphatic rings. The zero-order chi connectivity index (χ0) is 23.9. The fourth-order valence-electron chi connectivity index (χ4n) is 4.49. The van der Waals surface area contributed by atoms with Crippen molar-refractivity contribution in [1.29, 1.82) is 0 Å². The molecule has 0 fully saturated rings. The standard InChI is InChI=1S/C30H18N6/c1-3-8-21-16-33-26(14-19(21)6-1)28-23-18-31-13-11-24(23)35-30(29-25(36-28)10-5-12-32-29)27-15-20-7-2-4-9-22(20)17-34-27/h1-18H. The SMILES string of the molecule is c1cnc2c(c1)N=C(c1cc3ccccc3cn1)c1cnccc1N=C2c1cc2ccccc2cn1. The van der Waals surface area contributed by atoms with E-state index in [1.54, 1.807) is 18.6 Å². The molecule has 0 N–H and O–H groups in total. The lowest BCUT2D eigenvalue weighted by molar-refractivity contribution is 1.21. The molecule has 7 rings (SSSR count). The van der Waals surface area contributed by atoms with Crippen molar-refractivity contribution in [2.75, 3.05) is 0 Å². The molecule has 6 heteroatoms. The Labute approximate surface area is 206 Å². The predicted molar refractivity (Wildman–Crippen MR) is 143 cm³/mol. The summed E-state index contributed by atoms with van der Waals surface area (Å²) in [7, 11) is 0. The molecule has 0 unspecified atom stereocenters. The van der Waals surface area contributed by atoms with Gasteiger partial charge in [-0.3, -0.25) is 19.9 Å². The average molecular weight is 463 g/mol. The van der Waals surface area contributed by atoms with E-state index in [1.165, 1.54) is 0 Å². The number of benzene rings is 2. The summed E-state index contributed by atoms with van der Waals surface area (Å²) in [5.74, 6) is 0. The topological polar surface area (TPSA) is 76.3 Å². The lowest BCUT2D eigenvalue weighted by Crippen LogP contribution is -2.13. The molecule has 36 heavy (non-hydrogen) atoms. The van der Waals surface area contributed by atoms with Crippen LogP contribution in [0.2, 0.25) is 0 Å². The first-order chi connectivity index (χ1) is 17.8. The van der Waals surface area contributed by atoms with Crippen molar-refractivity contribution >= 4 is 44.3 Å². The van der Waals surface area contributed by atoms with E-state index >= 15 is 0 Å². The third-order valence-electron chi connectivity index (χ3n) is 6.28. The number of aliphatic imine (C=N–C) groups is 2. The highest BCUT2D eigenvalue weighted by atomic mass is 14.9. The quantitative estimate of drug-likeness (QED) is 0.305. The van der Waals surface area contributed by atoms with Gasteiger partial charge in [0.1, 0.15) is 17.1 Å². The van der Waals surface area contributed by atoms with Crippen molar-refractivity contribution in [3.8, 4) is 0 Å². The van der Waals surface area contributed by atoms with Crippen LogP contribution in [0.5, 0.6) is 0 Å². The van der Waals surface area contributed by atoms with E-state index < -0.39 is 0 Å². The average Bonchev–Trinajstić information content (AvgIpc) is 2.94. The molecule has 0 atom stereocenters. The Morgan fingerprint density at radius 2 is 1.11 bits per heavy atom. The van der Waals surface area contributed by atoms with Gasteiger partial charge in [-0.05, 0) is 41.1 Å². The van der Waals surface area contributed by atoms with Gasteiger partial charge in [0.05, 0.1) is 22.8 Å². The van der Waals surface area contributed by atoms with Crippen LogP contribution in [0.25, 0.3) is 21.5 Å². The van der Waals surface area contributed by atoms with Crippen molar-refractivity contribution in [3.05, 3.63) is 132 Å². The summed E-state index contributed by atoms with van der Waals surface area (Å²) in [5.41, 5.74) is 5.75. The van der Waals surface area contributed by atoms with E-state index in [-0.39, 0.29) is 0 Å². The maximum absolute atomic E-state index is 5.10. The van der Waals surface area contributed by atoms with Gasteiger partial charge in [-0.25, -0.2) is 9.98 Å². The first kappa shape index (κ1) is 20.3. The first-order valence-corrected chi connectivity index (χ1v) is 11.6. The molecule has 0 spiro atoms. The van der Waals surface area contributed by atoms with Gasteiger partial charge < -0.3 is 0 Å². The minimum Gasteiger partial charge on any atom is -0.264 e. The highest BCUT2D eigenvalue weighted by Crippen LogP contribution is 2.32. The summed E-state index contributed by atoms with van der Waals surface area (Å²) in [6, 6.07) is 26.1. The molecule has 4 aromatic heterocycles. The molecule has 0 radical (unpaired) electrons. The Kier molecular flexibility index (Phi) is 4.67. The number of fused-ring (bicyclic) bond motifs is 4. The van der Waals surface area contributed by atoms with E-state index in [4.69, 9.17) is 24.9 Å². The summed E-state index contributed by atoms with van der Waals surface area (Å²) < 4.78 is 0. The number of aromatic nitrogens is 4. The van der Waals surface area contributed by atoms with Crippen LogP contribution in [-0.2, 0) is 0 Å². The molecule has 0 bridgehead atoms. The Bertz CT molecular complexity index is 1720. The summed E-state index contributed by atoms with van der Waals surface area (Å²) >= 11 is 0. The van der Waals surface area contributed by atoms with Crippen molar-refractivity contribution in [2.45, 2.75) is 0 Å². The van der Waals surface area contributed by atoms with E-state index in [2.05, 4.69) is 23.2 Å². The fourth-order valence-corrected chi connectivity index (χ4v) is 4.49. The molecule has 5 heterocycles. The van der Waals surface area contributed by atoms with Gasteiger partial charge >= 0.3 is 0 Å². The second-order valence-electron chi connectivity index (χ2n) is 8.52. The Morgan fingerprint density at radius 3 is 1.83 bits per heavy atom. The molecule has 2 aromatic carbocycles. The first-order valence-electron chi connectivity index (χ1n) is 11.6. The molecule has 1 aliphatic heterocycles. The van der Waals surface area contributed by atoms with Crippen LogP contribution in [0, 0.1) is 0 Å². The van der Waals surface area contributed by atoms with Gasteiger partial charge in [0, 0.05) is 47.3 Å². The Morgan fingerprint density at radius 1 is 0.472 bits per heavy atom. The van der Waals surface area contributed by atoms with Crippen LogP contribution in [0.1, 0.15) is 22.6 Å². The third-order valence-corrected chi connectivity index (χ3v) is 6.28. The molecule has 168 valence electrons. The van der Waals surface area contributed by atoms with E-state index in [0.717, 1.165) is 44.2 Å². The van der Waals surface area contributed by atoms with Gasteiger partial charge in [0.25, 0.3) is 0 Å². The van der Waals surface area contributed by atoms with E-state index in [1.807, 2.05) is 73.1 Å². The van der Waals surface area contributed by atoms with Crippen LogP contribution in [0.3, 0.4) is 0 Å². The molecular formula is C30H18N6. The van der Waals surface area contributed by atoms with Crippen molar-refractivity contribution in [2.24, 2.45) is 9.98 Å². The van der Waals surface area contributed by atoms with Crippen LogP contribution in [-0.4, -0.2) is 31.4 Å². The Hall–Kier alpha value is -5.10. The van der Waals surface area contributed by atoms with Crippen LogP contribution in [0.4, 0.5) is 11.4 Å². The molecular weight excluding hydrogens is 444 g/mol. The van der Waals surface area contributed by atoms with Crippen molar-refractivity contribution in [3.63, 3.8) is 0 Å². The van der Waals surface area contributed by atoms with Crippen LogP contribution in [0.15, 0.2) is 120 Å². The molecule has 0 aliphatic carbocycles. The lowest BCUT2D eigenvalue weighted by atomic mass is 10.0. The van der Waals surface area contributed by atoms with Crippen molar-refractivity contribution in [1.82, 2.24) is 19.9 Å². The maximum Gasteiger partial charge on any atom is 0.117 e. The summed E-state index contributed by atoms with van der Waals surface area (Å²) in [5, 5.41) is 4.32. The van der Waals surface area contributed by atoms with E-state index in [0.29, 0.717) is 22.8 Å². The highest BCUT2D eigenvalue weighted by molar-refractivity contribution is 6.21. The monoisotopic (exact) mass is 462 g/mol. The largest absolute Gasteiger partial charge is 0.264 e. The second-order valence-corrected chi connectivity index (χ2v) is 8.52. The zero-order valence-electron chi connectivity index (χ0n) is 19.1. The highest BCUT2D eigenvalue weighted by Gasteiger charge is 2.22. The number of pyridine rings is 4. The lowest BCUT2D eigenvalue weighted by Gasteiger charge is -2.16. The summed E-state index contributed by atoms with van der Waals surface area (Å²) in [6.45, 7) is 0. The van der Waals surface area contributed by atoms with E-state index in [9.17, 15) is 0 Å². The van der Waals surface area contributed by atoms with Gasteiger partial charge in [-0.15, -0.1) is 0 Å². The Balaban J connectivity index is 1.48. The van der Waals surface area contributed by atoms with Gasteiger partial charge in [0.15, 0.2) is 0 Å². The number of nitrogens with zero attached hydrogens (tertiary/aromatic N) is 6. The van der Waals surface area contributed by atoms with Crippen molar-refractivity contribution < 1.29 is 0 Å². The number of hydrogen-bond acceptors (Lipinski definition) is 6. The normalized spacial score (nSPS) is 12.8. The van der Waals surface area contributed by atoms with Gasteiger partial charge in [0.2, 0.25) is 0 Å². The molecule has 6 aromatic rings. The molecule has 0 saturated heterocycles. The van der Waals surface area contributed by atoms with Crippen LogP contribution >= 0.6 is 0 Å². The van der Waals surface area contributed by atoms with Gasteiger partial charge in [-0.2, -0.15) is 0 Å². The number of rotatable bonds is 2. The minimum atomic E-state index is 0.665.